The van der Waals surface area contributed by atoms with Crippen molar-refractivity contribution in [3.8, 4) is 0 Å². The molecule has 98 valence electrons. The molecule has 0 spiro atoms. The maximum Gasteiger partial charge on any atom is 0.283 e. The third kappa shape index (κ3) is 6.13. The molecule has 0 heterocycles. The van der Waals surface area contributed by atoms with E-state index in [9.17, 15) is 8.42 Å². The number of thiocarbonyl (C=S) groups is 1. The number of hydrazone groups is 1. The molecule has 0 aliphatic carbocycles. The fraction of sp³-hybridized carbons (Fsp3) is 0.111. The second-order valence-electron chi connectivity index (χ2n) is 3.26. The zero-order chi connectivity index (χ0) is 13.6. The summed E-state index contributed by atoms with van der Waals surface area (Å²) in [6.45, 7) is 0. The third-order valence-electron chi connectivity index (χ3n) is 1.76. The minimum Gasteiger partial charge on any atom is -0.375 e. The van der Waals surface area contributed by atoms with Gasteiger partial charge in [-0.2, -0.15) is 13.5 Å². The van der Waals surface area contributed by atoms with E-state index in [0.29, 0.717) is 5.69 Å². The smallest absolute Gasteiger partial charge is 0.283 e. The molecule has 0 amide bonds. The van der Waals surface area contributed by atoms with Gasteiger partial charge in [-0.05, 0) is 29.9 Å². The first kappa shape index (κ1) is 14.4. The largest absolute Gasteiger partial charge is 0.375 e. The van der Waals surface area contributed by atoms with Gasteiger partial charge in [0.25, 0.3) is 10.1 Å². The van der Waals surface area contributed by atoms with Gasteiger partial charge in [0.05, 0.1) is 6.21 Å². The van der Waals surface area contributed by atoms with Gasteiger partial charge < -0.3 is 11.1 Å². The van der Waals surface area contributed by atoms with Gasteiger partial charge in [-0.1, -0.05) is 12.1 Å². The quantitative estimate of drug-likeness (QED) is 0.263. The van der Waals surface area contributed by atoms with Gasteiger partial charge in [-0.3, -0.25) is 9.98 Å². The Kier molecular flexibility index (Phi) is 5.01. The average Bonchev–Trinajstić information content (AvgIpc) is 2.26. The molecule has 1 aromatic carbocycles. The van der Waals surface area contributed by atoms with Crippen molar-refractivity contribution in [3.63, 3.8) is 0 Å². The van der Waals surface area contributed by atoms with Gasteiger partial charge in [0.15, 0.2) is 5.11 Å². The summed E-state index contributed by atoms with van der Waals surface area (Å²) in [6, 6.07) is 6.70. The number of benzene rings is 1. The minimum absolute atomic E-state index is 0.0673. The van der Waals surface area contributed by atoms with E-state index in [1.165, 1.54) is 6.21 Å². The van der Waals surface area contributed by atoms with Gasteiger partial charge in [-0.15, -0.1) is 0 Å². The Labute approximate surface area is 110 Å². The van der Waals surface area contributed by atoms with Crippen LogP contribution in [-0.4, -0.2) is 30.2 Å². The van der Waals surface area contributed by atoms with Gasteiger partial charge in [0, 0.05) is 5.69 Å². The fourth-order valence-electron chi connectivity index (χ4n) is 1.03. The molecule has 0 unspecified atom stereocenters. The van der Waals surface area contributed by atoms with E-state index < -0.39 is 16.0 Å². The predicted octanol–water partition coefficient (Wildman–Crippen LogP) is 0.111. The summed E-state index contributed by atoms with van der Waals surface area (Å²) >= 11 is 4.56. The van der Waals surface area contributed by atoms with Crippen LogP contribution < -0.4 is 16.5 Å². The molecule has 0 saturated heterocycles. The van der Waals surface area contributed by atoms with E-state index in [-0.39, 0.29) is 5.11 Å². The molecule has 0 fully saturated rings. The lowest BCUT2D eigenvalue weighted by molar-refractivity contribution is 0.485. The lowest BCUT2D eigenvalue weighted by Crippen LogP contribution is -2.23. The first-order chi connectivity index (χ1) is 8.37. The highest BCUT2D eigenvalue weighted by molar-refractivity contribution is 7.85. The molecular formula is C9H12N4O3S2. The Hall–Kier alpha value is -1.71. The maximum atomic E-state index is 10.5. The van der Waals surface area contributed by atoms with Crippen molar-refractivity contribution in [2.75, 3.05) is 11.2 Å². The summed E-state index contributed by atoms with van der Waals surface area (Å²) in [7, 11) is -4.03. The molecule has 0 radical (unpaired) electrons. The zero-order valence-corrected chi connectivity index (χ0v) is 10.8. The van der Waals surface area contributed by atoms with Gasteiger partial charge in [-0.25, -0.2) is 0 Å². The van der Waals surface area contributed by atoms with Crippen LogP contribution in [0.1, 0.15) is 5.56 Å². The van der Waals surface area contributed by atoms with Crippen molar-refractivity contribution in [2.45, 2.75) is 0 Å². The Morgan fingerprint density at radius 3 is 2.56 bits per heavy atom. The van der Waals surface area contributed by atoms with E-state index in [1.807, 2.05) is 0 Å². The molecule has 1 aromatic rings. The van der Waals surface area contributed by atoms with E-state index in [4.69, 9.17) is 10.3 Å². The van der Waals surface area contributed by atoms with Crippen molar-refractivity contribution in [3.05, 3.63) is 29.8 Å². The summed E-state index contributed by atoms with van der Waals surface area (Å²) in [6.07, 6.45) is 1.51. The summed E-state index contributed by atoms with van der Waals surface area (Å²) < 4.78 is 29.6. The standard InChI is InChI=1S/C9H12N4O3S2/c10-9(17)13-12-5-7-1-3-8(4-2-7)11-6-18(14,15)16/h1-5,11H,6H2,(H3,10,13,17)(H,14,15,16). The topological polar surface area (TPSA) is 117 Å². The second kappa shape index (κ2) is 6.28. The maximum absolute atomic E-state index is 10.5. The lowest BCUT2D eigenvalue weighted by atomic mass is 10.2. The summed E-state index contributed by atoms with van der Waals surface area (Å²) in [4.78, 5) is 0. The van der Waals surface area contributed by atoms with Crippen LogP contribution in [0.3, 0.4) is 0 Å². The Morgan fingerprint density at radius 1 is 1.44 bits per heavy atom. The number of nitrogens with two attached hydrogens (primary N) is 1. The molecular weight excluding hydrogens is 276 g/mol. The predicted molar refractivity (Wildman–Crippen MR) is 74.0 cm³/mol. The molecule has 5 N–H and O–H groups in total. The molecule has 7 nitrogen and oxygen atoms in total. The molecule has 0 aliphatic rings. The van der Waals surface area contributed by atoms with Crippen LogP contribution in [0.5, 0.6) is 0 Å². The molecule has 9 heteroatoms. The lowest BCUT2D eigenvalue weighted by Gasteiger charge is -2.04. The first-order valence-electron chi connectivity index (χ1n) is 4.74. The Bertz CT molecular complexity index is 539. The van der Waals surface area contributed by atoms with E-state index >= 15 is 0 Å². The van der Waals surface area contributed by atoms with Crippen LogP contribution in [0.4, 0.5) is 5.69 Å². The number of nitrogens with zero attached hydrogens (tertiary/aromatic N) is 1. The van der Waals surface area contributed by atoms with Crippen LogP contribution >= 0.6 is 12.2 Å². The highest BCUT2D eigenvalue weighted by atomic mass is 32.2. The normalized spacial score (nSPS) is 11.4. The Morgan fingerprint density at radius 2 is 2.06 bits per heavy atom. The van der Waals surface area contributed by atoms with Gasteiger partial charge in [0.2, 0.25) is 0 Å². The SMILES string of the molecule is NC(=S)NN=Cc1ccc(NCS(=O)(=O)O)cc1. The monoisotopic (exact) mass is 288 g/mol. The third-order valence-corrected chi connectivity index (χ3v) is 2.36. The van der Waals surface area contributed by atoms with Crippen molar-refractivity contribution in [2.24, 2.45) is 10.8 Å². The van der Waals surface area contributed by atoms with E-state index in [0.717, 1.165) is 5.56 Å². The Balaban J connectivity index is 2.57. The van der Waals surface area contributed by atoms with E-state index in [2.05, 4.69) is 28.1 Å². The summed E-state index contributed by atoms with van der Waals surface area (Å²) in [5.74, 6) is -0.538. The highest BCUT2D eigenvalue weighted by Gasteiger charge is 2.02. The molecule has 0 saturated carbocycles. The zero-order valence-electron chi connectivity index (χ0n) is 9.20. The molecule has 18 heavy (non-hydrogen) atoms. The first-order valence-corrected chi connectivity index (χ1v) is 6.76. The molecule has 0 bridgehead atoms. The average molecular weight is 288 g/mol. The molecule has 0 aliphatic heterocycles. The van der Waals surface area contributed by atoms with Crippen molar-refractivity contribution < 1.29 is 13.0 Å². The number of hydrogen-bond acceptors (Lipinski definition) is 5. The van der Waals surface area contributed by atoms with Crippen molar-refractivity contribution in [1.29, 1.82) is 0 Å². The highest BCUT2D eigenvalue weighted by Crippen LogP contribution is 2.08. The van der Waals surface area contributed by atoms with E-state index in [1.54, 1.807) is 24.3 Å². The van der Waals surface area contributed by atoms with Crippen LogP contribution in [0.2, 0.25) is 0 Å². The summed E-state index contributed by atoms with van der Waals surface area (Å²) in [5, 5.41) is 6.37. The van der Waals surface area contributed by atoms with Crippen LogP contribution in [0.15, 0.2) is 29.4 Å². The van der Waals surface area contributed by atoms with Crippen LogP contribution in [-0.2, 0) is 10.1 Å². The van der Waals surface area contributed by atoms with Crippen molar-refractivity contribution in [1.82, 2.24) is 5.43 Å². The van der Waals surface area contributed by atoms with Gasteiger partial charge >= 0.3 is 0 Å². The fourth-order valence-corrected chi connectivity index (χ4v) is 1.43. The molecule has 0 atom stereocenters. The number of anilines is 1. The summed E-state index contributed by atoms with van der Waals surface area (Å²) in [5.41, 5.74) is 8.92. The molecule has 1 rings (SSSR count). The van der Waals surface area contributed by atoms with Crippen LogP contribution in [0, 0.1) is 0 Å². The van der Waals surface area contributed by atoms with Crippen molar-refractivity contribution >= 4 is 39.4 Å². The number of nitrogens with one attached hydrogen (secondary N) is 2. The second-order valence-corrected chi connectivity index (χ2v) is 5.15. The molecule has 0 aromatic heterocycles. The van der Waals surface area contributed by atoms with Crippen LogP contribution in [0.25, 0.3) is 0 Å². The number of rotatable bonds is 5. The minimum atomic E-state index is -4.03. The van der Waals surface area contributed by atoms with Gasteiger partial charge in [0.1, 0.15) is 5.88 Å². The number of hydrogen-bond donors (Lipinski definition) is 4.